The van der Waals surface area contributed by atoms with E-state index in [2.05, 4.69) is 6.58 Å². The number of halogens is 1. The van der Waals surface area contributed by atoms with Crippen molar-refractivity contribution in [1.82, 2.24) is 4.90 Å². The zero-order valence-corrected chi connectivity index (χ0v) is 7.13. The van der Waals surface area contributed by atoms with Crippen molar-refractivity contribution in [2.24, 2.45) is 0 Å². The summed E-state index contributed by atoms with van der Waals surface area (Å²) in [6.45, 7) is 4.31. The van der Waals surface area contributed by atoms with Crippen LogP contribution >= 0.6 is 0 Å². The summed E-state index contributed by atoms with van der Waals surface area (Å²) >= 11 is 0. The minimum Gasteiger partial charge on any atom is -0.377 e. The van der Waals surface area contributed by atoms with Gasteiger partial charge in [0.15, 0.2) is 0 Å². The fourth-order valence-electron chi connectivity index (χ4n) is 0.988. The molecule has 1 aromatic rings. The third-order valence-corrected chi connectivity index (χ3v) is 1.63. The lowest BCUT2D eigenvalue weighted by molar-refractivity contribution is 0.451. The molecule has 1 nitrogen and oxygen atoms in total. The van der Waals surface area contributed by atoms with Gasteiger partial charge in [-0.15, -0.1) is 0 Å². The monoisotopic (exact) mass is 165 g/mol. The Kier molecular flexibility index (Phi) is 2.86. The Hall–Kier alpha value is -1.31. The summed E-state index contributed by atoms with van der Waals surface area (Å²) in [5.74, 6) is -0.190. The standard InChI is InChI=1S/C10H12FN/c1-3-12(2)8-9-5-4-6-10(11)7-9/h3-7H,1,8H2,2H3. The highest BCUT2D eigenvalue weighted by molar-refractivity contribution is 5.16. The van der Waals surface area contributed by atoms with Gasteiger partial charge in [-0.1, -0.05) is 18.7 Å². The van der Waals surface area contributed by atoms with Crippen molar-refractivity contribution in [3.8, 4) is 0 Å². The Morgan fingerprint density at radius 1 is 1.58 bits per heavy atom. The first-order valence-corrected chi connectivity index (χ1v) is 3.79. The van der Waals surface area contributed by atoms with E-state index < -0.39 is 0 Å². The molecular weight excluding hydrogens is 153 g/mol. The van der Waals surface area contributed by atoms with E-state index in [0.717, 1.165) is 5.56 Å². The highest BCUT2D eigenvalue weighted by Gasteiger charge is 1.95. The molecule has 0 aliphatic heterocycles. The summed E-state index contributed by atoms with van der Waals surface area (Å²) in [4.78, 5) is 1.90. The van der Waals surface area contributed by atoms with Crippen LogP contribution in [0.1, 0.15) is 5.56 Å². The predicted octanol–water partition coefficient (Wildman–Crippen LogP) is 2.40. The van der Waals surface area contributed by atoms with Crippen molar-refractivity contribution >= 4 is 0 Å². The first-order valence-electron chi connectivity index (χ1n) is 3.79. The van der Waals surface area contributed by atoms with E-state index in [-0.39, 0.29) is 5.82 Å². The van der Waals surface area contributed by atoms with Crippen molar-refractivity contribution in [2.75, 3.05) is 7.05 Å². The van der Waals surface area contributed by atoms with Gasteiger partial charge in [0.25, 0.3) is 0 Å². The molecule has 0 amide bonds. The summed E-state index contributed by atoms with van der Waals surface area (Å²) < 4.78 is 12.7. The van der Waals surface area contributed by atoms with Gasteiger partial charge in [0.2, 0.25) is 0 Å². The fraction of sp³-hybridized carbons (Fsp3) is 0.200. The second kappa shape index (κ2) is 3.90. The van der Waals surface area contributed by atoms with Gasteiger partial charge < -0.3 is 4.90 Å². The van der Waals surface area contributed by atoms with E-state index in [0.29, 0.717) is 6.54 Å². The molecule has 0 saturated carbocycles. The maximum Gasteiger partial charge on any atom is 0.123 e. The van der Waals surface area contributed by atoms with Gasteiger partial charge in [-0.25, -0.2) is 4.39 Å². The van der Waals surface area contributed by atoms with Crippen LogP contribution in [0.25, 0.3) is 0 Å². The van der Waals surface area contributed by atoms with Crippen molar-refractivity contribution in [2.45, 2.75) is 6.54 Å². The molecule has 0 radical (unpaired) electrons. The minimum atomic E-state index is -0.190. The molecule has 12 heavy (non-hydrogen) atoms. The lowest BCUT2D eigenvalue weighted by Crippen LogP contribution is -2.09. The Balaban J connectivity index is 2.69. The molecule has 0 saturated heterocycles. The van der Waals surface area contributed by atoms with Crippen molar-refractivity contribution in [3.05, 3.63) is 48.4 Å². The van der Waals surface area contributed by atoms with Gasteiger partial charge in [-0.05, 0) is 23.9 Å². The average molecular weight is 165 g/mol. The maximum absolute atomic E-state index is 12.7. The second-order valence-corrected chi connectivity index (χ2v) is 2.73. The lowest BCUT2D eigenvalue weighted by atomic mass is 10.2. The number of benzene rings is 1. The number of rotatable bonds is 3. The van der Waals surface area contributed by atoms with Gasteiger partial charge >= 0.3 is 0 Å². The highest BCUT2D eigenvalue weighted by atomic mass is 19.1. The van der Waals surface area contributed by atoms with Crippen molar-refractivity contribution in [1.29, 1.82) is 0 Å². The zero-order chi connectivity index (χ0) is 8.97. The molecule has 0 spiro atoms. The molecule has 0 N–H and O–H groups in total. The summed E-state index contributed by atoms with van der Waals surface area (Å²) in [7, 11) is 1.90. The predicted molar refractivity (Wildman–Crippen MR) is 48.1 cm³/mol. The largest absolute Gasteiger partial charge is 0.377 e. The van der Waals surface area contributed by atoms with Gasteiger partial charge in [0, 0.05) is 13.6 Å². The minimum absolute atomic E-state index is 0.190. The molecule has 0 bridgehead atoms. The Morgan fingerprint density at radius 3 is 2.92 bits per heavy atom. The van der Waals surface area contributed by atoms with Gasteiger partial charge in [-0.3, -0.25) is 0 Å². The van der Waals surface area contributed by atoms with Crippen LogP contribution in [-0.2, 0) is 6.54 Å². The fourth-order valence-corrected chi connectivity index (χ4v) is 0.988. The Labute approximate surface area is 72.1 Å². The molecule has 0 aliphatic rings. The van der Waals surface area contributed by atoms with Crippen molar-refractivity contribution < 1.29 is 4.39 Å². The molecule has 0 unspecified atom stereocenters. The average Bonchev–Trinajstić information content (AvgIpc) is 2.04. The van der Waals surface area contributed by atoms with E-state index >= 15 is 0 Å². The van der Waals surface area contributed by atoms with Crippen LogP contribution in [0.3, 0.4) is 0 Å². The number of nitrogens with zero attached hydrogens (tertiary/aromatic N) is 1. The van der Waals surface area contributed by atoms with Crippen LogP contribution in [-0.4, -0.2) is 11.9 Å². The third-order valence-electron chi connectivity index (χ3n) is 1.63. The van der Waals surface area contributed by atoms with Gasteiger partial charge in [-0.2, -0.15) is 0 Å². The SMILES string of the molecule is C=CN(C)Cc1cccc(F)c1. The van der Waals surface area contributed by atoms with Crippen LogP contribution in [0.4, 0.5) is 4.39 Å². The normalized spacial score (nSPS) is 9.50. The molecule has 2 heteroatoms. The Morgan fingerprint density at radius 2 is 2.33 bits per heavy atom. The Bertz CT molecular complexity index is 270. The number of hydrogen-bond donors (Lipinski definition) is 0. The summed E-state index contributed by atoms with van der Waals surface area (Å²) in [5, 5.41) is 0. The lowest BCUT2D eigenvalue weighted by Gasteiger charge is -2.12. The molecule has 1 aromatic carbocycles. The summed E-state index contributed by atoms with van der Waals surface area (Å²) in [6, 6.07) is 6.57. The second-order valence-electron chi connectivity index (χ2n) is 2.73. The van der Waals surface area contributed by atoms with Crippen LogP contribution in [0.15, 0.2) is 37.0 Å². The van der Waals surface area contributed by atoms with E-state index in [9.17, 15) is 4.39 Å². The number of hydrogen-bond acceptors (Lipinski definition) is 1. The summed E-state index contributed by atoms with van der Waals surface area (Å²) in [6.07, 6.45) is 1.71. The first kappa shape index (κ1) is 8.78. The van der Waals surface area contributed by atoms with Crippen LogP contribution in [0.5, 0.6) is 0 Å². The van der Waals surface area contributed by atoms with Crippen LogP contribution in [0.2, 0.25) is 0 Å². The molecule has 1 rings (SSSR count). The summed E-state index contributed by atoms with van der Waals surface area (Å²) in [5.41, 5.74) is 0.956. The van der Waals surface area contributed by atoms with Gasteiger partial charge in [0.05, 0.1) is 0 Å². The molecule has 0 aromatic heterocycles. The van der Waals surface area contributed by atoms with E-state index in [1.54, 1.807) is 12.3 Å². The quantitative estimate of drug-likeness (QED) is 0.664. The molecular formula is C10H12FN. The highest BCUT2D eigenvalue weighted by Crippen LogP contribution is 2.05. The molecule has 64 valence electrons. The topological polar surface area (TPSA) is 3.24 Å². The van der Waals surface area contributed by atoms with Crippen molar-refractivity contribution in [3.63, 3.8) is 0 Å². The van der Waals surface area contributed by atoms with Gasteiger partial charge in [0.1, 0.15) is 5.82 Å². The molecule has 0 heterocycles. The van der Waals surface area contributed by atoms with Crippen LogP contribution < -0.4 is 0 Å². The first-order chi connectivity index (χ1) is 5.72. The molecule has 0 atom stereocenters. The maximum atomic E-state index is 12.7. The molecule has 0 aliphatic carbocycles. The van der Waals surface area contributed by atoms with E-state index in [1.807, 2.05) is 18.0 Å². The smallest absolute Gasteiger partial charge is 0.123 e. The molecule has 0 fully saturated rings. The van der Waals surface area contributed by atoms with E-state index in [1.165, 1.54) is 12.1 Å². The van der Waals surface area contributed by atoms with Crippen LogP contribution in [0, 0.1) is 5.82 Å². The van der Waals surface area contributed by atoms with E-state index in [4.69, 9.17) is 0 Å². The zero-order valence-electron chi connectivity index (χ0n) is 7.13. The third kappa shape index (κ3) is 2.38.